The number of benzene rings is 2. The number of aryl methyl sites for hydroxylation is 1. The van der Waals surface area contributed by atoms with Crippen molar-refractivity contribution in [3.8, 4) is 0 Å². The van der Waals surface area contributed by atoms with Crippen molar-refractivity contribution in [1.29, 1.82) is 0 Å². The molecule has 0 saturated carbocycles. The summed E-state index contributed by atoms with van der Waals surface area (Å²) < 4.78 is 2.06. The van der Waals surface area contributed by atoms with E-state index < -0.39 is 0 Å². The lowest BCUT2D eigenvalue weighted by atomic mass is 10.2. The van der Waals surface area contributed by atoms with Gasteiger partial charge in [-0.15, -0.1) is 11.8 Å². The number of anilines is 1. The van der Waals surface area contributed by atoms with Crippen molar-refractivity contribution < 1.29 is 4.79 Å². The molecule has 7 heteroatoms. The summed E-state index contributed by atoms with van der Waals surface area (Å²) in [5.41, 5.74) is 3.01. The summed E-state index contributed by atoms with van der Waals surface area (Å²) >= 11 is 6.83. The van der Waals surface area contributed by atoms with Gasteiger partial charge in [0.1, 0.15) is 0 Å². The topological polar surface area (TPSA) is 46.1 Å². The van der Waals surface area contributed by atoms with Gasteiger partial charge in [-0.1, -0.05) is 51.0 Å². The van der Waals surface area contributed by atoms with Crippen LogP contribution in [0.4, 0.5) is 5.13 Å². The first-order valence-corrected chi connectivity index (χ1v) is 12.6. The smallest absolute Gasteiger partial charge is 0.229 e. The maximum Gasteiger partial charge on any atom is 0.229 e. The molecule has 158 valence electrons. The maximum atomic E-state index is 13.2. The predicted molar refractivity (Wildman–Crippen MR) is 134 cm³/mol. The van der Waals surface area contributed by atoms with Crippen LogP contribution in [-0.2, 0) is 11.3 Å². The van der Waals surface area contributed by atoms with Crippen LogP contribution in [0.5, 0.6) is 0 Å². The molecule has 0 aliphatic heterocycles. The normalized spacial score (nSPS) is 11.0. The summed E-state index contributed by atoms with van der Waals surface area (Å²) in [6, 6.07) is 20.3. The van der Waals surface area contributed by atoms with Gasteiger partial charge in [-0.05, 0) is 61.6 Å². The van der Waals surface area contributed by atoms with Crippen LogP contribution < -0.4 is 4.90 Å². The van der Waals surface area contributed by atoms with Gasteiger partial charge in [0.15, 0.2) is 5.13 Å². The Labute approximate surface area is 198 Å². The summed E-state index contributed by atoms with van der Waals surface area (Å²) in [7, 11) is 0. The van der Waals surface area contributed by atoms with Gasteiger partial charge in [-0.2, -0.15) is 0 Å². The van der Waals surface area contributed by atoms with Crippen molar-refractivity contribution in [2.45, 2.75) is 31.2 Å². The third kappa shape index (κ3) is 5.93. The van der Waals surface area contributed by atoms with Crippen LogP contribution in [0.3, 0.4) is 0 Å². The van der Waals surface area contributed by atoms with Crippen molar-refractivity contribution in [2.24, 2.45) is 0 Å². The van der Waals surface area contributed by atoms with Crippen molar-refractivity contribution in [3.05, 3.63) is 82.6 Å². The molecule has 0 radical (unpaired) electrons. The second kappa shape index (κ2) is 10.4. The summed E-state index contributed by atoms with van der Waals surface area (Å²) in [5, 5.41) is 0.718. The first kappa shape index (κ1) is 22.0. The predicted octanol–water partition coefficient (Wildman–Crippen LogP) is 6.87. The van der Waals surface area contributed by atoms with Crippen molar-refractivity contribution in [2.75, 3.05) is 10.7 Å². The lowest BCUT2D eigenvalue weighted by molar-refractivity contribution is -0.118. The Hall–Kier alpha value is -2.22. The van der Waals surface area contributed by atoms with E-state index in [1.807, 2.05) is 36.4 Å². The zero-order valence-electron chi connectivity index (χ0n) is 17.1. The van der Waals surface area contributed by atoms with Gasteiger partial charge in [0.25, 0.3) is 0 Å². The average Bonchev–Trinajstić information content (AvgIpc) is 3.19. The highest BCUT2D eigenvalue weighted by molar-refractivity contribution is 9.10. The van der Waals surface area contributed by atoms with Gasteiger partial charge < -0.3 is 0 Å². The molecule has 1 amide bonds. The van der Waals surface area contributed by atoms with Gasteiger partial charge in [0.05, 0.1) is 22.5 Å². The zero-order valence-corrected chi connectivity index (χ0v) is 20.3. The molecule has 4 aromatic rings. The fourth-order valence-electron chi connectivity index (χ4n) is 3.10. The van der Waals surface area contributed by atoms with E-state index in [-0.39, 0.29) is 5.91 Å². The zero-order chi connectivity index (χ0) is 21.6. The van der Waals surface area contributed by atoms with Crippen LogP contribution in [0.1, 0.15) is 24.1 Å². The number of hydrogen-bond acceptors (Lipinski definition) is 5. The minimum absolute atomic E-state index is 0.0771. The van der Waals surface area contributed by atoms with E-state index in [0.717, 1.165) is 37.7 Å². The molecular weight excluding hydrogens is 490 g/mol. The highest BCUT2D eigenvalue weighted by atomic mass is 79.9. The number of hydrogen-bond donors (Lipinski definition) is 0. The van der Waals surface area contributed by atoms with E-state index in [9.17, 15) is 4.79 Å². The van der Waals surface area contributed by atoms with E-state index in [1.54, 1.807) is 22.9 Å². The Morgan fingerprint density at radius 1 is 1.13 bits per heavy atom. The molecule has 0 fully saturated rings. The largest absolute Gasteiger partial charge is 0.282 e. The van der Waals surface area contributed by atoms with Crippen LogP contribution in [0.2, 0.25) is 0 Å². The number of carbonyl (C=O) groups is 1. The number of carbonyl (C=O) groups excluding carboxylic acids is 1. The van der Waals surface area contributed by atoms with Crippen LogP contribution in [0.25, 0.3) is 10.2 Å². The second-order valence-corrected chi connectivity index (χ2v) is 10.3. The van der Waals surface area contributed by atoms with Gasteiger partial charge in [0, 0.05) is 22.0 Å². The molecular formula is C24H22BrN3OS2. The minimum Gasteiger partial charge on any atom is -0.282 e. The molecule has 0 spiro atoms. The molecule has 0 saturated heterocycles. The van der Waals surface area contributed by atoms with Crippen LogP contribution in [0, 0.1) is 6.92 Å². The van der Waals surface area contributed by atoms with Crippen LogP contribution >= 0.6 is 39.0 Å². The Kier molecular flexibility index (Phi) is 7.37. The third-order valence-corrected chi connectivity index (χ3v) is 7.37. The Morgan fingerprint density at radius 2 is 1.97 bits per heavy atom. The fraction of sp³-hybridized carbons (Fsp3) is 0.208. The second-order valence-electron chi connectivity index (χ2n) is 7.17. The minimum atomic E-state index is 0.0771. The molecule has 0 unspecified atom stereocenters. The molecule has 2 heterocycles. The molecule has 4 rings (SSSR count). The number of thioether (sulfide) groups is 1. The summed E-state index contributed by atoms with van der Waals surface area (Å²) in [6.45, 7) is 2.51. The number of rotatable bonds is 8. The van der Waals surface area contributed by atoms with E-state index >= 15 is 0 Å². The van der Waals surface area contributed by atoms with Gasteiger partial charge in [-0.3, -0.25) is 14.7 Å². The number of fused-ring (bicyclic) bond motifs is 1. The quantitative estimate of drug-likeness (QED) is 0.191. The van der Waals surface area contributed by atoms with E-state index in [1.165, 1.54) is 21.8 Å². The molecule has 2 aromatic carbocycles. The monoisotopic (exact) mass is 511 g/mol. The molecule has 2 aromatic heterocycles. The van der Waals surface area contributed by atoms with Crippen molar-refractivity contribution in [3.63, 3.8) is 0 Å². The van der Waals surface area contributed by atoms with Crippen molar-refractivity contribution in [1.82, 2.24) is 9.97 Å². The van der Waals surface area contributed by atoms with Gasteiger partial charge in [-0.25, -0.2) is 4.98 Å². The van der Waals surface area contributed by atoms with Crippen LogP contribution in [-0.4, -0.2) is 21.6 Å². The fourth-order valence-corrected chi connectivity index (χ4v) is 5.49. The van der Waals surface area contributed by atoms with E-state index in [4.69, 9.17) is 4.98 Å². The summed E-state index contributed by atoms with van der Waals surface area (Å²) in [5.74, 6) is 0.979. The highest BCUT2D eigenvalue weighted by Crippen LogP contribution is 2.32. The Balaban J connectivity index is 1.46. The lowest BCUT2D eigenvalue weighted by Gasteiger charge is -2.19. The Bertz CT molecular complexity index is 1160. The third-order valence-electron chi connectivity index (χ3n) is 4.74. The standard InChI is InChI=1S/C24H22BrN3OS2/c1-17-7-10-20(11-8-17)30-14-4-6-23(29)28(16-19-5-2-3-13-26-19)24-27-21-12-9-18(25)15-22(21)31-24/h2-3,5,7-13,15H,4,6,14,16H2,1H3. The number of halogens is 1. The van der Waals surface area contributed by atoms with Gasteiger partial charge in [0.2, 0.25) is 5.91 Å². The molecule has 4 nitrogen and oxygen atoms in total. The number of thiazole rings is 1. The molecule has 0 aliphatic carbocycles. The number of nitrogens with zero attached hydrogens (tertiary/aromatic N) is 3. The number of aromatic nitrogens is 2. The summed E-state index contributed by atoms with van der Waals surface area (Å²) in [4.78, 5) is 25.3. The average molecular weight is 512 g/mol. The van der Waals surface area contributed by atoms with E-state index in [0.29, 0.717) is 13.0 Å². The SMILES string of the molecule is Cc1ccc(SCCCC(=O)N(Cc2ccccn2)c2nc3ccc(Br)cc3s2)cc1. The number of amides is 1. The maximum absolute atomic E-state index is 13.2. The van der Waals surface area contributed by atoms with Gasteiger partial charge >= 0.3 is 0 Å². The first-order valence-electron chi connectivity index (χ1n) is 10.0. The lowest BCUT2D eigenvalue weighted by Crippen LogP contribution is -2.30. The molecule has 31 heavy (non-hydrogen) atoms. The Morgan fingerprint density at radius 3 is 2.74 bits per heavy atom. The van der Waals surface area contributed by atoms with Crippen molar-refractivity contribution >= 4 is 60.3 Å². The van der Waals surface area contributed by atoms with E-state index in [2.05, 4.69) is 52.1 Å². The molecule has 0 aliphatic rings. The molecule has 0 atom stereocenters. The first-order chi connectivity index (χ1) is 15.1. The molecule has 0 N–H and O–H groups in total. The highest BCUT2D eigenvalue weighted by Gasteiger charge is 2.20. The van der Waals surface area contributed by atoms with Crippen LogP contribution in [0.15, 0.2) is 76.2 Å². The summed E-state index contributed by atoms with van der Waals surface area (Å²) in [6.07, 6.45) is 3.05. The molecule has 0 bridgehead atoms. The number of pyridine rings is 1.